The Morgan fingerprint density at radius 3 is 2.77 bits per heavy atom. The van der Waals surface area contributed by atoms with Crippen LogP contribution < -0.4 is 10.7 Å². The van der Waals surface area contributed by atoms with Gasteiger partial charge >= 0.3 is 5.97 Å². The third kappa shape index (κ3) is 3.21. The van der Waals surface area contributed by atoms with E-state index in [-0.39, 0.29) is 23.2 Å². The molecule has 2 N–H and O–H groups in total. The second-order valence-corrected chi connectivity index (χ2v) is 5.49. The van der Waals surface area contributed by atoms with Crippen LogP contribution in [0.3, 0.4) is 0 Å². The Morgan fingerprint density at radius 2 is 2.12 bits per heavy atom. The van der Waals surface area contributed by atoms with Gasteiger partial charge in [0.15, 0.2) is 12.5 Å². The maximum absolute atomic E-state index is 14.5. The molecule has 3 aromatic rings. The number of pyridine rings is 1. The third-order valence-electron chi connectivity index (χ3n) is 3.84. The minimum atomic E-state index is -0.803. The van der Waals surface area contributed by atoms with Gasteiger partial charge in [-0.2, -0.15) is 0 Å². The monoisotopic (exact) mass is 357 g/mol. The van der Waals surface area contributed by atoms with Crippen molar-refractivity contribution in [2.24, 2.45) is 0 Å². The van der Waals surface area contributed by atoms with Crippen molar-refractivity contribution in [1.82, 2.24) is 9.55 Å². The summed E-state index contributed by atoms with van der Waals surface area (Å²) in [6, 6.07) is 5.88. The second kappa shape index (κ2) is 7.22. The van der Waals surface area contributed by atoms with Gasteiger partial charge in [-0.3, -0.25) is 9.59 Å². The number of H-pyrrole nitrogens is 1. The molecule has 0 radical (unpaired) electrons. The SMILES string of the molecule is CCOC(=O)c1c[nH]c2cc(NC(C=O)n3cccc3)c(F)cc2c1=O. The molecule has 0 fully saturated rings. The van der Waals surface area contributed by atoms with Gasteiger partial charge in [0.05, 0.1) is 17.8 Å². The zero-order chi connectivity index (χ0) is 18.7. The van der Waals surface area contributed by atoms with Gasteiger partial charge in [0.2, 0.25) is 5.43 Å². The number of benzene rings is 1. The van der Waals surface area contributed by atoms with Crippen LogP contribution in [0.4, 0.5) is 10.1 Å². The molecule has 0 saturated heterocycles. The topological polar surface area (TPSA) is 93.2 Å². The minimum absolute atomic E-state index is 0.0159. The van der Waals surface area contributed by atoms with Crippen molar-refractivity contribution in [2.45, 2.75) is 13.1 Å². The first kappa shape index (κ1) is 17.4. The zero-order valence-electron chi connectivity index (χ0n) is 13.9. The zero-order valence-corrected chi connectivity index (χ0v) is 13.9. The number of carbonyl (C=O) groups excluding carboxylic acids is 2. The molecule has 8 heteroatoms. The first-order chi connectivity index (χ1) is 12.5. The highest BCUT2D eigenvalue weighted by molar-refractivity contribution is 5.94. The maximum atomic E-state index is 14.5. The lowest BCUT2D eigenvalue weighted by Gasteiger charge is -2.17. The fraction of sp³-hybridized carbons (Fsp3) is 0.167. The Kier molecular flexibility index (Phi) is 4.83. The highest BCUT2D eigenvalue weighted by atomic mass is 19.1. The van der Waals surface area contributed by atoms with Crippen LogP contribution >= 0.6 is 0 Å². The molecule has 2 aromatic heterocycles. The fourth-order valence-electron chi connectivity index (χ4n) is 2.58. The lowest BCUT2D eigenvalue weighted by Crippen LogP contribution is -2.20. The minimum Gasteiger partial charge on any atom is -0.462 e. The van der Waals surface area contributed by atoms with Crippen LogP contribution in [0, 0.1) is 5.82 Å². The number of rotatable bonds is 6. The van der Waals surface area contributed by atoms with E-state index in [1.54, 1.807) is 36.0 Å². The summed E-state index contributed by atoms with van der Waals surface area (Å²) in [6.45, 7) is 1.75. The number of fused-ring (bicyclic) bond motifs is 1. The van der Waals surface area contributed by atoms with Crippen molar-refractivity contribution in [1.29, 1.82) is 0 Å². The van der Waals surface area contributed by atoms with Gasteiger partial charge in [-0.15, -0.1) is 0 Å². The van der Waals surface area contributed by atoms with Gasteiger partial charge < -0.3 is 19.6 Å². The summed E-state index contributed by atoms with van der Waals surface area (Å²) in [7, 11) is 0. The highest BCUT2D eigenvalue weighted by Gasteiger charge is 2.17. The van der Waals surface area contributed by atoms with E-state index in [9.17, 15) is 18.8 Å². The van der Waals surface area contributed by atoms with Gasteiger partial charge in [0.1, 0.15) is 11.4 Å². The van der Waals surface area contributed by atoms with Gasteiger partial charge in [-0.25, -0.2) is 9.18 Å². The number of aromatic nitrogens is 2. The summed E-state index contributed by atoms with van der Waals surface area (Å²) < 4.78 is 20.8. The summed E-state index contributed by atoms with van der Waals surface area (Å²) in [4.78, 5) is 38.3. The largest absolute Gasteiger partial charge is 0.462 e. The van der Waals surface area contributed by atoms with Crippen LogP contribution in [0.2, 0.25) is 0 Å². The summed E-state index contributed by atoms with van der Waals surface area (Å²) in [5.41, 5.74) is -0.454. The smallest absolute Gasteiger partial charge is 0.343 e. The second-order valence-electron chi connectivity index (χ2n) is 5.49. The average molecular weight is 357 g/mol. The molecule has 26 heavy (non-hydrogen) atoms. The number of halogens is 1. The summed E-state index contributed by atoms with van der Waals surface area (Å²) >= 11 is 0. The molecule has 0 aliphatic carbocycles. The van der Waals surface area contributed by atoms with Crippen LogP contribution in [0.25, 0.3) is 10.9 Å². The molecule has 1 unspecified atom stereocenters. The number of nitrogens with zero attached hydrogens (tertiary/aromatic N) is 1. The van der Waals surface area contributed by atoms with Gasteiger partial charge in [-0.05, 0) is 31.2 Å². The Bertz CT molecular complexity index is 1010. The number of hydrogen-bond acceptors (Lipinski definition) is 5. The number of aldehydes is 1. The Hall–Kier alpha value is -3.42. The van der Waals surface area contributed by atoms with Crippen molar-refractivity contribution in [3.63, 3.8) is 0 Å². The molecule has 0 bridgehead atoms. The maximum Gasteiger partial charge on any atom is 0.343 e. The van der Waals surface area contributed by atoms with E-state index in [0.29, 0.717) is 11.8 Å². The molecule has 2 heterocycles. The van der Waals surface area contributed by atoms with E-state index in [1.807, 2.05) is 0 Å². The molecular weight excluding hydrogens is 341 g/mol. The molecule has 1 atom stereocenters. The summed E-state index contributed by atoms with van der Waals surface area (Å²) in [5, 5.41) is 2.79. The molecular formula is C18H16FN3O4. The predicted molar refractivity (Wildman–Crippen MR) is 93.6 cm³/mol. The fourth-order valence-corrected chi connectivity index (χ4v) is 2.58. The van der Waals surface area contributed by atoms with Crippen LogP contribution in [0.1, 0.15) is 23.4 Å². The molecule has 0 amide bonds. The van der Waals surface area contributed by atoms with Crippen molar-refractivity contribution in [3.8, 4) is 0 Å². The Labute approximate surface area is 147 Å². The predicted octanol–water partition coefficient (Wildman–Crippen LogP) is 2.46. The van der Waals surface area contributed by atoms with Gasteiger partial charge in [-0.1, -0.05) is 0 Å². The number of ether oxygens (including phenoxy) is 1. The molecule has 134 valence electrons. The first-order valence-corrected chi connectivity index (χ1v) is 7.91. The average Bonchev–Trinajstić information content (AvgIpc) is 3.15. The number of aromatic amines is 1. The summed E-state index contributed by atoms with van der Waals surface area (Å²) in [5.74, 6) is -1.49. The Balaban J connectivity index is 2.01. The molecule has 0 spiro atoms. The van der Waals surface area contributed by atoms with Crippen LogP contribution in [-0.4, -0.2) is 28.4 Å². The standard InChI is InChI=1S/C18H16FN3O4/c1-2-26-18(25)12-9-20-14-8-15(13(19)7-11(14)17(12)24)21-16(10-23)22-5-3-4-6-22/h3-10,16,21H,2H2,1H3,(H,20,24). The third-order valence-corrected chi connectivity index (χ3v) is 3.84. The van der Waals surface area contributed by atoms with Crippen molar-refractivity contribution >= 4 is 28.8 Å². The van der Waals surface area contributed by atoms with Crippen LogP contribution in [0.5, 0.6) is 0 Å². The lowest BCUT2D eigenvalue weighted by molar-refractivity contribution is -0.109. The highest BCUT2D eigenvalue weighted by Crippen LogP contribution is 2.22. The quantitative estimate of drug-likeness (QED) is 0.522. The van der Waals surface area contributed by atoms with Gasteiger partial charge in [0.25, 0.3) is 0 Å². The molecule has 7 nitrogen and oxygen atoms in total. The molecule has 1 aromatic carbocycles. The van der Waals surface area contributed by atoms with Crippen molar-refractivity contribution in [3.05, 3.63) is 64.5 Å². The van der Waals surface area contributed by atoms with Crippen molar-refractivity contribution in [2.75, 3.05) is 11.9 Å². The van der Waals surface area contributed by atoms with E-state index in [1.165, 1.54) is 12.3 Å². The van der Waals surface area contributed by atoms with E-state index >= 15 is 0 Å². The number of esters is 1. The molecule has 0 aliphatic heterocycles. The van der Waals surface area contributed by atoms with Crippen LogP contribution in [-0.2, 0) is 9.53 Å². The van der Waals surface area contributed by atoms with E-state index in [0.717, 1.165) is 6.07 Å². The van der Waals surface area contributed by atoms with Crippen molar-refractivity contribution < 1.29 is 18.7 Å². The van der Waals surface area contributed by atoms with Crippen LogP contribution in [0.15, 0.2) is 47.7 Å². The number of hydrogen-bond donors (Lipinski definition) is 2. The normalized spacial score (nSPS) is 11.9. The van der Waals surface area contributed by atoms with E-state index in [2.05, 4.69) is 10.3 Å². The number of anilines is 1. The first-order valence-electron chi connectivity index (χ1n) is 7.91. The van der Waals surface area contributed by atoms with E-state index < -0.39 is 23.4 Å². The van der Waals surface area contributed by atoms with E-state index in [4.69, 9.17) is 4.74 Å². The molecule has 0 saturated carbocycles. The molecule has 0 aliphatic rings. The molecule has 3 rings (SSSR count). The summed E-state index contributed by atoms with van der Waals surface area (Å²) in [6.07, 6.45) is 4.39. The number of nitrogens with one attached hydrogen (secondary N) is 2. The number of carbonyl (C=O) groups is 2. The Morgan fingerprint density at radius 1 is 1.38 bits per heavy atom. The lowest BCUT2D eigenvalue weighted by atomic mass is 10.1. The van der Waals surface area contributed by atoms with Gasteiger partial charge in [0, 0.05) is 24.0 Å².